The fourth-order valence-corrected chi connectivity index (χ4v) is 1.59. The molecule has 5 nitrogen and oxygen atoms in total. The maximum Gasteiger partial charge on any atom is 0.390 e. The number of nitrogens with zero attached hydrogens (tertiary/aromatic N) is 5. The minimum atomic E-state index is -4.17. The predicted molar refractivity (Wildman–Crippen MR) is 59.5 cm³/mol. The third-order valence-electron chi connectivity index (χ3n) is 2.48. The zero-order chi connectivity index (χ0) is 13.3. The van der Waals surface area contributed by atoms with Gasteiger partial charge in [-0.05, 0) is 6.92 Å². The first-order valence-electron chi connectivity index (χ1n) is 5.32. The maximum atomic E-state index is 12.2. The first kappa shape index (κ1) is 12.6. The van der Waals surface area contributed by atoms with Crippen molar-refractivity contribution in [1.29, 1.82) is 0 Å². The van der Waals surface area contributed by atoms with E-state index < -0.39 is 12.6 Å². The fraction of sp³-hybridized carbons (Fsp3) is 0.500. The van der Waals surface area contributed by atoms with Gasteiger partial charge in [0.1, 0.15) is 12.1 Å². The van der Waals surface area contributed by atoms with E-state index in [1.807, 2.05) is 0 Å². The van der Waals surface area contributed by atoms with E-state index in [9.17, 15) is 13.2 Å². The van der Waals surface area contributed by atoms with Crippen LogP contribution in [0.15, 0.2) is 12.4 Å². The van der Waals surface area contributed by atoms with E-state index in [4.69, 9.17) is 0 Å². The number of halogens is 3. The number of aryl methyl sites for hydroxylation is 1. The lowest BCUT2D eigenvalue weighted by Gasteiger charge is -2.20. The van der Waals surface area contributed by atoms with E-state index in [1.54, 1.807) is 20.0 Å². The fourth-order valence-electron chi connectivity index (χ4n) is 1.59. The molecule has 0 unspecified atom stereocenters. The largest absolute Gasteiger partial charge is 0.390 e. The van der Waals surface area contributed by atoms with Crippen LogP contribution in [0.5, 0.6) is 0 Å². The third-order valence-corrected chi connectivity index (χ3v) is 2.48. The van der Waals surface area contributed by atoms with Crippen LogP contribution in [-0.2, 0) is 0 Å². The summed E-state index contributed by atoms with van der Waals surface area (Å²) in [7, 11) is 1.58. The Morgan fingerprint density at radius 3 is 2.78 bits per heavy atom. The molecule has 2 rings (SSSR count). The lowest BCUT2D eigenvalue weighted by molar-refractivity contribution is -0.132. The van der Waals surface area contributed by atoms with Crippen molar-refractivity contribution in [3.05, 3.63) is 18.1 Å². The molecule has 0 radical (unpaired) electrons. The number of hydrogen-bond acceptors (Lipinski definition) is 4. The highest BCUT2D eigenvalue weighted by Crippen LogP contribution is 2.21. The van der Waals surface area contributed by atoms with E-state index in [0.29, 0.717) is 17.3 Å². The van der Waals surface area contributed by atoms with E-state index in [1.165, 1.54) is 15.7 Å². The van der Waals surface area contributed by atoms with Crippen molar-refractivity contribution in [2.24, 2.45) is 0 Å². The van der Waals surface area contributed by atoms with Gasteiger partial charge in [-0.25, -0.2) is 4.98 Å². The molecule has 0 spiro atoms. The molecular weight excluding hydrogens is 247 g/mol. The van der Waals surface area contributed by atoms with Gasteiger partial charge in [0.25, 0.3) is 5.78 Å². The Morgan fingerprint density at radius 2 is 2.11 bits per heavy atom. The average Bonchev–Trinajstić information content (AvgIpc) is 2.71. The second kappa shape index (κ2) is 4.43. The van der Waals surface area contributed by atoms with Crippen molar-refractivity contribution in [2.75, 3.05) is 18.5 Å². The summed E-state index contributed by atoms with van der Waals surface area (Å²) in [6, 6.07) is 1.68. The maximum absolute atomic E-state index is 12.2. The Balaban J connectivity index is 2.26. The average molecular weight is 259 g/mol. The molecule has 8 heteroatoms. The van der Waals surface area contributed by atoms with E-state index in [0.717, 1.165) is 0 Å². The number of rotatable bonds is 3. The van der Waals surface area contributed by atoms with E-state index in [-0.39, 0.29) is 6.54 Å². The van der Waals surface area contributed by atoms with Crippen LogP contribution in [0, 0.1) is 6.92 Å². The van der Waals surface area contributed by atoms with Gasteiger partial charge in [0.05, 0.1) is 6.42 Å². The topological polar surface area (TPSA) is 46.3 Å². The number of alkyl halides is 3. The van der Waals surface area contributed by atoms with Gasteiger partial charge in [-0.1, -0.05) is 0 Å². The molecule has 0 fully saturated rings. The molecule has 0 N–H and O–H groups in total. The molecular formula is C10H12F3N5. The summed E-state index contributed by atoms with van der Waals surface area (Å²) < 4.78 is 38.0. The van der Waals surface area contributed by atoms with Crippen LogP contribution in [0.25, 0.3) is 5.78 Å². The first-order chi connectivity index (χ1) is 8.37. The van der Waals surface area contributed by atoms with Crippen molar-refractivity contribution >= 4 is 11.6 Å². The van der Waals surface area contributed by atoms with Gasteiger partial charge in [0.2, 0.25) is 0 Å². The predicted octanol–water partition coefficient (Wildman–Crippen LogP) is 1.82. The minimum Gasteiger partial charge on any atom is -0.359 e. The molecule has 0 saturated carbocycles. The van der Waals surface area contributed by atoms with Crippen LogP contribution in [-0.4, -0.2) is 39.4 Å². The van der Waals surface area contributed by atoms with E-state index in [2.05, 4.69) is 15.1 Å². The standard InChI is InChI=1S/C10H12F3N5/c1-7-5-8(17(2)4-3-10(11,12)13)18-9(16-7)14-6-15-18/h5-6H,3-4H2,1-2H3. The molecule has 2 aromatic heterocycles. The molecule has 0 aliphatic carbocycles. The van der Waals surface area contributed by atoms with Gasteiger partial charge in [0.15, 0.2) is 0 Å². The molecule has 2 aromatic rings. The summed E-state index contributed by atoms with van der Waals surface area (Å²) >= 11 is 0. The molecule has 0 atom stereocenters. The Labute approximate surface area is 101 Å². The van der Waals surface area contributed by atoms with Crippen LogP contribution >= 0.6 is 0 Å². The first-order valence-corrected chi connectivity index (χ1v) is 5.32. The normalized spacial score (nSPS) is 12.1. The molecule has 18 heavy (non-hydrogen) atoms. The third kappa shape index (κ3) is 2.69. The van der Waals surface area contributed by atoms with Gasteiger partial charge in [-0.3, -0.25) is 0 Å². The second-order valence-electron chi connectivity index (χ2n) is 4.01. The van der Waals surface area contributed by atoms with Gasteiger partial charge < -0.3 is 4.90 Å². The van der Waals surface area contributed by atoms with Crippen molar-refractivity contribution in [2.45, 2.75) is 19.5 Å². The number of fused-ring (bicyclic) bond motifs is 1. The summed E-state index contributed by atoms with van der Waals surface area (Å²) in [5.41, 5.74) is 0.685. The number of hydrogen-bond donors (Lipinski definition) is 0. The van der Waals surface area contributed by atoms with Gasteiger partial charge in [0, 0.05) is 25.4 Å². The molecule has 0 aliphatic rings. The quantitative estimate of drug-likeness (QED) is 0.843. The summed E-state index contributed by atoms with van der Waals surface area (Å²) in [5.74, 6) is 0.920. The van der Waals surface area contributed by atoms with Crippen molar-refractivity contribution < 1.29 is 13.2 Å². The lowest BCUT2D eigenvalue weighted by atomic mass is 10.3. The minimum absolute atomic E-state index is 0.137. The molecule has 0 amide bonds. The van der Waals surface area contributed by atoms with Crippen molar-refractivity contribution in [3.63, 3.8) is 0 Å². The highest BCUT2D eigenvalue weighted by molar-refractivity contribution is 5.46. The summed E-state index contributed by atoms with van der Waals surface area (Å²) in [4.78, 5) is 9.54. The smallest absolute Gasteiger partial charge is 0.359 e. The van der Waals surface area contributed by atoms with E-state index >= 15 is 0 Å². The monoisotopic (exact) mass is 259 g/mol. The van der Waals surface area contributed by atoms with Crippen LogP contribution in [0.3, 0.4) is 0 Å². The Kier molecular flexibility index (Phi) is 3.10. The van der Waals surface area contributed by atoms with Crippen LogP contribution < -0.4 is 4.90 Å². The highest BCUT2D eigenvalue weighted by Gasteiger charge is 2.27. The number of anilines is 1. The molecule has 2 heterocycles. The zero-order valence-corrected chi connectivity index (χ0v) is 9.94. The van der Waals surface area contributed by atoms with Gasteiger partial charge in [-0.2, -0.15) is 27.8 Å². The zero-order valence-electron chi connectivity index (χ0n) is 9.94. The summed E-state index contributed by atoms with van der Waals surface area (Å²) in [5, 5.41) is 3.95. The van der Waals surface area contributed by atoms with Crippen LogP contribution in [0.1, 0.15) is 12.1 Å². The lowest BCUT2D eigenvalue weighted by Crippen LogP contribution is -2.26. The molecule has 0 aliphatic heterocycles. The van der Waals surface area contributed by atoms with Crippen molar-refractivity contribution in [1.82, 2.24) is 19.6 Å². The Bertz CT molecular complexity index is 548. The molecule has 0 saturated heterocycles. The second-order valence-corrected chi connectivity index (χ2v) is 4.01. The van der Waals surface area contributed by atoms with Crippen molar-refractivity contribution in [3.8, 4) is 0 Å². The number of aromatic nitrogens is 4. The van der Waals surface area contributed by atoms with Gasteiger partial charge >= 0.3 is 6.18 Å². The highest BCUT2D eigenvalue weighted by atomic mass is 19.4. The van der Waals surface area contributed by atoms with Crippen LogP contribution in [0.4, 0.5) is 19.0 Å². The molecule has 0 bridgehead atoms. The molecule has 98 valence electrons. The van der Waals surface area contributed by atoms with Crippen LogP contribution in [0.2, 0.25) is 0 Å². The van der Waals surface area contributed by atoms with Gasteiger partial charge in [-0.15, -0.1) is 0 Å². The Morgan fingerprint density at radius 1 is 1.39 bits per heavy atom. The summed E-state index contributed by atoms with van der Waals surface area (Å²) in [6.45, 7) is 1.62. The molecule has 0 aromatic carbocycles. The SMILES string of the molecule is Cc1cc(N(C)CCC(F)(F)F)n2ncnc2n1. The summed E-state index contributed by atoms with van der Waals surface area (Å²) in [6.07, 6.45) is -3.72. The Hall–Kier alpha value is -1.86.